The van der Waals surface area contributed by atoms with Crippen molar-refractivity contribution in [2.45, 2.75) is 29.7 Å². The Morgan fingerprint density at radius 1 is 1.19 bits per heavy atom. The first-order valence-electron chi connectivity index (χ1n) is 9.54. The van der Waals surface area contributed by atoms with Gasteiger partial charge in [0.05, 0.1) is 6.61 Å². The summed E-state index contributed by atoms with van der Waals surface area (Å²) in [4.78, 5) is 16.4. The summed E-state index contributed by atoms with van der Waals surface area (Å²) in [5, 5.41) is 8.34. The number of halogens is 3. The van der Waals surface area contributed by atoms with Crippen molar-refractivity contribution in [2.24, 2.45) is 0 Å². The van der Waals surface area contributed by atoms with Crippen LogP contribution >= 0.6 is 47.0 Å². The Bertz CT molecular complexity index is 874. The summed E-state index contributed by atoms with van der Waals surface area (Å²) < 4.78 is 3.77. The molecule has 3 N–H and O–H groups in total. The molecule has 10 heteroatoms. The number of aromatic nitrogens is 1. The number of thiocarbonyl (C=S) groups is 1. The van der Waals surface area contributed by atoms with Crippen molar-refractivity contribution in [3.63, 3.8) is 0 Å². The van der Waals surface area contributed by atoms with Gasteiger partial charge in [0, 0.05) is 12.3 Å². The summed E-state index contributed by atoms with van der Waals surface area (Å²) in [5.41, 5.74) is 0.823. The Balaban J connectivity index is 1.92. The van der Waals surface area contributed by atoms with Gasteiger partial charge in [0.1, 0.15) is 17.7 Å². The van der Waals surface area contributed by atoms with E-state index in [1.807, 2.05) is 24.3 Å². The smallest absolute Gasteiger partial charge is 0.245 e. The van der Waals surface area contributed by atoms with Crippen LogP contribution in [-0.2, 0) is 4.79 Å². The van der Waals surface area contributed by atoms with Gasteiger partial charge in [0.25, 0.3) is 0 Å². The lowest BCUT2D eigenvalue weighted by atomic mass is 10.2. The van der Waals surface area contributed by atoms with Crippen LogP contribution in [0.4, 0.5) is 5.82 Å². The number of nitrogens with zero attached hydrogens (tertiary/aromatic N) is 1. The van der Waals surface area contributed by atoms with Crippen molar-refractivity contribution in [1.29, 1.82) is 0 Å². The fourth-order valence-electron chi connectivity index (χ4n) is 2.29. The summed E-state index contributed by atoms with van der Waals surface area (Å²) in [7, 11) is 0. The minimum Gasteiger partial charge on any atom is -0.494 e. The fraction of sp³-hybridized carbons (Fsp3) is 0.286. The number of pyridine rings is 1. The van der Waals surface area contributed by atoms with Gasteiger partial charge in [-0.3, -0.25) is 4.79 Å². The molecule has 0 saturated heterocycles. The number of hydrogen-bond acceptors (Lipinski definition) is 4. The van der Waals surface area contributed by atoms with Crippen LogP contribution in [0.25, 0.3) is 6.08 Å². The number of unbranched alkanes of at least 4 members (excludes halogenated alkanes) is 1. The van der Waals surface area contributed by atoms with Crippen LogP contribution in [0.5, 0.6) is 5.75 Å². The van der Waals surface area contributed by atoms with E-state index in [-0.39, 0.29) is 5.11 Å². The molecular weight excluding hydrogens is 479 g/mol. The molecule has 0 fully saturated rings. The molecule has 2 aromatic rings. The van der Waals surface area contributed by atoms with Crippen LogP contribution < -0.4 is 20.7 Å². The Hall–Kier alpha value is -2.06. The molecule has 6 nitrogen and oxygen atoms in total. The molecule has 0 radical (unpaired) electrons. The van der Waals surface area contributed by atoms with E-state index in [2.05, 4.69) is 27.9 Å². The van der Waals surface area contributed by atoms with Crippen LogP contribution in [0, 0.1) is 0 Å². The van der Waals surface area contributed by atoms with Crippen molar-refractivity contribution in [3.8, 4) is 5.75 Å². The lowest BCUT2D eigenvalue weighted by Gasteiger charge is -2.27. The molecule has 1 amide bonds. The fourth-order valence-corrected chi connectivity index (χ4v) is 2.84. The monoisotopic (exact) mass is 500 g/mol. The van der Waals surface area contributed by atoms with Crippen LogP contribution in [0.3, 0.4) is 0 Å². The summed E-state index contributed by atoms with van der Waals surface area (Å²) >= 11 is 23.2. The number of anilines is 1. The molecule has 0 aliphatic heterocycles. The van der Waals surface area contributed by atoms with Gasteiger partial charge in [-0.15, -0.1) is 0 Å². The molecule has 166 valence electrons. The second kappa shape index (κ2) is 12.7. The molecule has 0 aliphatic rings. The predicted molar refractivity (Wildman–Crippen MR) is 132 cm³/mol. The summed E-state index contributed by atoms with van der Waals surface area (Å²) in [5.74, 6) is 0.827. The SMILES string of the molecule is CCCCOc1ccc(/C=C/C(=O)NC(NC(=S)Nc2ccccn2)C(Cl)(Cl)Cl)cc1. The van der Waals surface area contributed by atoms with E-state index in [9.17, 15) is 4.79 Å². The number of hydrogen-bond donors (Lipinski definition) is 3. The molecule has 0 spiro atoms. The molecule has 1 aromatic heterocycles. The molecule has 1 unspecified atom stereocenters. The average Bonchev–Trinajstić information content (AvgIpc) is 2.73. The third kappa shape index (κ3) is 9.74. The Morgan fingerprint density at radius 3 is 2.55 bits per heavy atom. The van der Waals surface area contributed by atoms with Gasteiger partial charge in [-0.2, -0.15) is 0 Å². The number of nitrogens with one attached hydrogen (secondary N) is 3. The van der Waals surface area contributed by atoms with Crippen molar-refractivity contribution in [3.05, 3.63) is 60.3 Å². The zero-order valence-electron chi connectivity index (χ0n) is 16.8. The van der Waals surface area contributed by atoms with E-state index in [1.54, 1.807) is 30.5 Å². The van der Waals surface area contributed by atoms with E-state index in [0.717, 1.165) is 24.2 Å². The van der Waals surface area contributed by atoms with Gasteiger partial charge in [-0.05, 0) is 54.5 Å². The number of alkyl halides is 3. The maximum atomic E-state index is 12.3. The van der Waals surface area contributed by atoms with E-state index in [1.165, 1.54) is 6.08 Å². The standard InChI is InChI=1S/C21H23Cl3N4O2S/c1-2-3-14-30-16-10-7-15(8-11-16)9-12-18(29)27-19(21(22,23)24)28-20(31)26-17-6-4-5-13-25-17/h4-13,19H,2-3,14H2,1H3,(H,27,29)(H2,25,26,28,31)/b12-9+. The van der Waals surface area contributed by atoms with Crippen molar-refractivity contribution < 1.29 is 9.53 Å². The Kier molecular flexibility index (Phi) is 10.3. The maximum absolute atomic E-state index is 12.3. The van der Waals surface area contributed by atoms with Crippen LogP contribution in [0.2, 0.25) is 0 Å². The van der Waals surface area contributed by atoms with Gasteiger partial charge < -0.3 is 20.7 Å². The van der Waals surface area contributed by atoms with Crippen molar-refractivity contribution >= 4 is 69.9 Å². The van der Waals surface area contributed by atoms with Gasteiger partial charge >= 0.3 is 0 Å². The highest BCUT2D eigenvalue weighted by atomic mass is 35.6. The second-order valence-corrected chi connectivity index (χ2v) is 9.18. The first-order valence-corrected chi connectivity index (χ1v) is 11.1. The molecule has 1 heterocycles. The number of benzene rings is 1. The zero-order chi connectivity index (χ0) is 22.7. The third-order valence-corrected chi connectivity index (χ3v) is 4.74. The quantitative estimate of drug-likeness (QED) is 0.146. The van der Waals surface area contributed by atoms with Crippen LogP contribution in [0.1, 0.15) is 25.3 Å². The number of ether oxygens (including phenoxy) is 1. The summed E-state index contributed by atoms with van der Waals surface area (Å²) in [6.07, 6.45) is 5.59. The zero-order valence-corrected chi connectivity index (χ0v) is 19.9. The third-order valence-electron chi connectivity index (χ3n) is 3.87. The Labute approximate surface area is 202 Å². The highest BCUT2D eigenvalue weighted by molar-refractivity contribution is 7.80. The van der Waals surface area contributed by atoms with Gasteiger partial charge in [-0.1, -0.05) is 66.3 Å². The largest absolute Gasteiger partial charge is 0.494 e. The normalized spacial score (nSPS) is 12.3. The molecule has 2 rings (SSSR count). The molecule has 0 saturated carbocycles. The van der Waals surface area contributed by atoms with E-state index in [0.29, 0.717) is 12.4 Å². The number of carbonyl (C=O) groups is 1. The molecule has 0 bridgehead atoms. The van der Waals surface area contributed by atoms with Gasteiger partial charge in [0.2, 0.25) is 9.70 Å². The highest BCUT2D eigenvalue weighted by Crippen LogP contribution is 2.29. The topological polar surface area (TPSA) is 75.3 Å². The first kappa shape index (κ1) is 25.2. The molecular formula is C21H23Cl3N4O2S. The molecule has 0 aliphatic carbocycles. The Morgan fingerprint density at radius 2 is 1.94 bits per heavy atom. The molecule has 1 atom stereocenters. The average molecular weight is 502 g/mol. The minimum atomic E-state index is -1.85. The predicted octanol–water partition coefficient (Wildman–Crippen LogP) is 5.07. The van der Waals surface area contributed by atoms with Crippen LogP contribution in [0.15, 0.2) is 54.7 Å². The van der Waals surface area contributed by atoms with Crippen molar-refractivity contribution in [2.75, 3.05) is 11.9 Å². The van der Waals surface area contributed by atoms with Gasteiger partial charge in [-0.25, -0.2) is 4.98 Å². The van der Waals surface area contributed by atoms with Crippen molar-refractivity contribution in [1.82, 2.24) is 15.6 Å². The number of amides is 1. The van der Waals surface area contributed by atoms with E-state index >= 15 is 0 Å². The van der Waals surface area contributed by atoms with Gasteiger partial charge in [0.15, 0.2) is 5.11 Å². The maximum Gasteiger partial charge on any atom is 0.245 e. The minimum absolute atomic E-state index is 0.137. The number of carbonyl (C=O) groups excluding carboxylic acids is 1. The summed E-state index contributed by atoms with van der Waals surface area (Å²) in [6.45, 7) is 2.78. The van der Waals surface area contributed by atoms with E-state index in [4.69, 9.17) is 51.8 Å². The second-order valence-electron chi connectivity index (χ2n) is 6.40. The summed E-state index contributed by atoms with van der Waals surface area (Å²) in [6, 6.07) is 12.7. The number of rotatable bonds is 9. The first-order chi connectivity index (χ1) is 14.8. The van der Waals surface area contributed by atoms with Crippen LogP contribution in [-0.4, -0.2) is 32.6 Å². The van der Waals surface area contributed by atoms with E-state index < -0.39 is 15.9 Å². The lowest BCUT2D eigenvalue weighted by Crippen LogP contribution is -2.55. The molecule has 31 heavy (non-hydrogen) atoms. The molecule has 1 aromatic carbocycles. The highest BCUT2D eigenvalue weighted by Gasteiger charge is 2.34. The lowest BCUT2D eigenvalue weighted by molar-refractivity contribution is -0.117.